The van der Waals surface area contributed by atoms with Crippen LogP contribution in [0.5, 0.6) is 0 Å². The molecule has 1 aromatic carbocycles. The van der Waals surface area contributed by atoms with Crippen molar-refractivity contribution < 1.29 is 0 Å². The van der Waals surface area contributed by atoms with Gasteiger partial charge in [-0.3, -0.25) is 4.68 Å². The van der Waals surface area contributed by atoms with E-state index in [2.05, 4.69) is 25.9 Å². The normalized spacial score (nSPS) is 14.3. The van der Waals surface area contributed by atoms with Gasteiger partial charge in [0.25, 0.3) is 0 Å². The number of nitrogens with zero attached hydrogens (tertiary/aromatic N) is 2. The fourth-order valence-corrected chi connectivity index (χ4v) is 2.75. The van der Waals surface area contributed by atoms with Crippen LogP contribution in [0.25, 0.3) is 0 Å². The molecule has 3 nitrogen and oxygen atoms in total. The van der Waals surface area contributed by atoms with Crippen molar-refractivity contribution in [1.82, 2.24) is 9.78 Å². The van der Waals surface area contributed by atoms with E-state index in [9.17, 15) is 0 Å². The maximum absolute atomic E-state index is 6.37. The first-order valence-electron chi connectivity index (χ1n) is 6.99. The van der Waals surface area contributed by atoms with Crippen LogP contribution in [-0.2, 0) is 0 Å². The predicted molar refractivity (Wildman–Crippen MR) is 84.3 cm³/mol. The summed E-state index contributed by atoms with van der Waals surface area (Å²) in [6, 6.07) is 7.83. The molecule has 0 saturated carbocycles. The molecule has 0 bridgehead atoms. The number of nitrogens with two attached hydrogens (primary N) is 1. The number of halogens is 1. The predicted octanol–water partition coefficient (Wildman–Crippen LogP) is 3.79. The van der Waals surface area contributed by atoms with Gasteiger partial charge in [0.2, 0.25) is 0 Å². The second kappa shape index (κ2) is 5.98. The zero-order valence-corrected chi connectivity index (χ0v) is 13.3. The highest BCUT2D eigenvalue weighted by atomic mass is 35.5. The SMILES string of the molecule is CCC(N)C(c1ccccc1Cl)n1nc(C)c(C)c1C. The van der Waals surface area contributed by atoms with Gasteiger partial charge in [-0.2, -0.15) is 5.10 Å². The van der Waals surface area contributed by atoms with E-state index in [-0.39, 0.29) is 12.1 Å². The summed E-state index contributed by atoms with van der Waals surface area (Å²) in [7, 11) is 0. The largest absolute Gasteiger partial charge is 0.326 e. The molecule has 0 aliphatic rings. The van der Waals surface area contributed by atoms with Crippen molar-refractivity contribution in [2.75, 3.05) is 0 Å². The monoisotopic (exact) mass is 291 g/mol. The first kappa shape index (κ1) is 15.1. The molecular weight excluding hydrogens is 270 g/mol. The van der Waals surface area contributed by atoms with Crippen LogP contribution in [0.4, 0.5) is 0 Å². The molecule has 0 radical (unpaired) electrons. The number of benzene rings is 1. The average Bonchev–Trinajstić information content (AvgIpc) is 2.69. The first-order valence-corrected chi connectivity index (χ1v) is 7.37. The molecule has 0 spiro atoms. The lowest BCUT2D eigenvalue weighted by Gasteiger charge is -2.26. The fraction of sp³-hybridized carbons (Fsp3) is 0.438. The highest BCUT2D eigenvalue weighted by Crippen LogP contribution is 2.30. The molecule has 0 amide bonds. The lowest BCUT2D eigenvalue weighted by molar-refractivity contribution is 0.415. The van der Waals surface area contributed by atoms with Crippen LogP contribution in [0.15, 0.2) is 24.3 Å². The van der Waals surface area contributed by atoms with E-state index in [4.69, 9.17) is 17.3 Å². The van der Waals surface area contributed by atoms with E-state index in [1.165, 1.54) is 5.56 Å². The van der Waals surface area contributed by atoms with Crippen molar-refractivity contribution in [3.05, 3.63) is 51.8 Å². The minimum absolute atomic E-state index is 0.0210. The van der Waals surface area contributed by atoms with Crippen LogP contribution < -0.4 is 5.73 Å². The summed E-state index contributed by atoms with van der Waals surface area (Å²) in [5, 5.41) is 5.42. The Hall–Kier alpha value is -1.32. The Morgan fingerprint density at radius 3 is 2.40 bits per heavy atom. The number of hydrogen-bond donors (Lipinski definition) is 1. The lowest BCUT2D eigenvalue weighted by Crippen LogP contribution is -2.34. The second-order valence-electron chi connectivity index (χ2n) is 5.28. The standard InChI is InChI=1S/C16H22ClN3/c1-5-15(18)16(13-8-6-7-9-14(13)17)20-12(4)10(2)11(3)19-20/h6-9,15-16H,5,18H2,1-4H3. The van der Waals surface area contributed by atoms with Gasteiger partial charge in [-0.15, -0.1) is 0 Å². The zero-order chi connectivity index (χ0) is 14.9. The molecule has 2 rings (SSSR count). The Morgan fingerprint density at radius 2 is 1.90 bits per heavy atom. The van der Waals surface area contributed by atoms with Gasteiger partial charge in [-0.1, -0.05) is 36.7 Å². The molecule has 0 fully saturated rings. The van der Waals surface area contributed by atoms with Crippen molar-refractivity contribution >= 4 is 11.6 Å². The Bertz CT molecular complexity index is 604. The first-order chi connectivity index (χ1) is 9.47. The summed E-state index contributed by atoms with van der Waals surface area (Å²) in [5.41, 5.74) is 10.8. The molecule has 20 heavy (non-hydrogen) atoms. The van der Waals surface area contributed by atoms with Crippen LogP contribution in [0, 0.1) is 20.8 Å². The van der Waals surface area contributed by atoms with Crippen molar-refractivity contribution in [2.45, 2.75) is 46.2 Å². The molecule has 2 unspecified atom stereocenters. The van der Waals surface area contributed by atoms with E-state index in [1.54, 1.807) is 0 Å². The van der Waals surface area contributed by atoms with E-state index < -0.39 is 0 Å². The van der Waals surface area contributed by atoms with Crippen molar-refractivity contribution in [3.8, 4) is 0 Å². The zero-order valence-electron chi connectivity index (χ0n) is 12.5. The average molecular weight is 292 g/mol. The molecule has 0 saturated heterocycles. The van der Waals surface area contributed by atoms with Crippen LogP contribution >= 0.6 is 11.6 Å². The van der Waals surface area contributed by atoms with Gasteiger partial charge in [-0.25, -0.2) is 0 Å². The summed E-state index contributed by atoms with van der Waals surface area (Å²) in [5.74, 6) is 0. The topological polar surface area (TPSA) is 43.8 Å². The third-order valence-corrected chi connectivity index (χ3v) is 4.40. The van der Waals surface area contributed by atoms with Gasteiger partial charge < -0.3 is 5.73 Å². The fourth-order valence-electron chi connectivity index (χ4n) is 2.50. The van der Waals surface area contributed by atoms with Crippen LogP contribution in [0.1, 0.15) is 41.9 Å². The Balaban J connectivity index is 2.59. The van der Waals surface area contributed by atoms with Crippen LogP contribution in [0.3, 0.4) is 0 Å². The van der Waals surface area contributed by atoms with Crippen molar-refractivity contribution in [3.63, 3.8) is 0 Å². The summed E-state index contributed by atoms with van der Waals surface area (Å²) in [6.07, 6.45) is 0.868. The second-order valence-corrected chi connectivity index (χ2v) is 5.69. The van der Waals surface area contributed by atoms with Crippen molar-refractivity contribution in [1.29, 1.82) is 0 Å². The number of rotatable bonds is 4. The number of aromatic nitrogens is 2. The molecule has 108 valence electrons. The molecule has 2 N–H and O–H groups in total. The molecule has 1 aromatic heterocycles. The van der Waals surface area contributed by atoms with Crippen LogP contribution in [-0.4, -0.2) is 15.8 Å². The van der Waals surface area contributed by atoms with Gasteiger partial charge in [0.05, 0.1) is 11.7 Å². The third-order valence-electron chi connectivity index (χ3n) is 4.05. The van der Waals surface area contributed by atoms with Gasteiger partial charge >= 0.3 is 0 Å². The minimum atomic E-state index is -0.0268. The van der Waals surface area contributed by atoms with Gasteiger partial charge in [0.1, 0.15) is 0 Å². The molecule has 2 atom stereocenters. The van der Waals surface area contributed by atoms with Gasteiger partial charge in [0, 0.05) is 16.8 Å². The third kappa shape index (κ3) is 2.60. The van der Waals surface area contributed by atoms with E-state index in [1.807, 2.05) is 35.9 Å². The molecular formula is C16H22ClN3. The lowest BCUT2D eigenvalue weighted by atomic mass is 9.97. The molecule has 0 aliphatic heterocycles. The summed E-state index contributed by atoms with van der Waals surface area (Å²) < 4.78 is 2.03. The maximum atomic E-state index is 6.37. The number of hydrogen-bond acceptors (Lipinski definition) is 2. The Morgan fingerprint density at radius 1 is 1.25 bits per heavy atom. The highest BCUT2D eigenvalue weighted by molar-refractivity contribution is 6.31. The quantitative estimate of drug-likeness (QED) is 0.931. The van der Waals surface area contributed by atoms with E-state index in [0.29, 0.717) is 0 Å². The molecule has 4 heteroatoms. The summed E-state index contributed by atoms with van der Waals surface area (Å²) in [4.78, 5) is 0. The van der Waals surface area contributed by atoms with Gasteiger partial charge in [-0.05, 0) is 44.4 Å². The van der Waals surface area contributed by atoms with Gasteiger partial charge in [0.15, 0.2) is 0 Å². The highest BCUT2D eigenvalue weighted by Gasteiger charge is 2.25. The molecule has 0 aliphatic carbocycles. The van der Waals surface area contributed by atoms with Crippen LogP contribution in [0.2, 0.25) is 5.02 Å². The smallest absolute Gasteiger partial charge is 0.0936 e. The molecule has 1 heterocycles. The van der Waals surface area contributed by atoms with E-state index >= 15 is 0 Å². The minimum Gasteiger partial charge on any atom is -0.326 e. The number of aryl methyl sites for hydroxylation is 1. The summed E-state index contributed by atoms with van der Waals surface area (Å²) in [6.45, 7) is 8.30. The summed E-state index contributed by atoms with van der Waals surface area (Å²) >= 11 is 6.37. The maximum Gasteiger partial charge on any atom is 0.0936 e. The van der Waals surface area contributed by atoms with E-state index in [0.717, 1.165) is 28.4 Å². The van der Waals surface area contributed by atoms with Crippen molar-refractivity contribution in [2.24, 2.45) is 5.73 Å². The Labute approximate surface area is 125 Å². The molecule has 2 aromatic rings. The Kier molecular flexibility index (Phi) is 4.51.